The molecule has 0 bridgehead atoms. The summed E-state index contributed by atoms with van der Waals surface area (Å²) in [5.41, 5.74) is 0. The van der Waals surface area contributed by atoms with Crippen molar-refractivity contribution >= 4 is 47.7 Å². The third-order valence-corrected chi connectivity index (χ3v) is 2.01. The zero-order valence-electron chi connectivity index (χ0n) is 2.48. The standard InChI is InChI=1S/CCl2OS2/c2-1(4)5-6-3. The summed E-state index contributed by atoms with van der Waals surface area (Å²) >= 11 is 4.80. The molecule has 0 aromatic heterocycles. The average molecular weight is 163 g/mol. The first-order valence-electron chi connectivity index (χ1n) is 0.918. The molecule has 0 aliphatic carbocycles. The molecule has 0 aliphatic rings. The van der Waals surface area contributed by atoms with Crippen LogP contribution in [0, 0.1) is 0 Å². The van der Waals surface area contributed by atoms with E-state index in [-0.39, 0.29) is 0 Å². The number of halogens is 2. The van der Waals surface area contributed by atoms with Crippen LogP contribution >= 0.6 is 43.1 Å². The first-order chi connectivity index (χ1) is 2.77. The molecule has 0 radical (unpaired) electrons. The molecule has 0 atom stereocenters. The maximum atomic E-state index is 9.67. The lowest BCUT2D eigenvalue weighted by atomic mass is 11.8. The number of carbonyl (C=O) groups is 1. The van der Waals surface area contributed by atoms with Crippen LogP contribution in [0.15, 0.2) is 0 Å². The first-order valence-corrected chi connectivity index (χ1v) is 4.27. The maximum absolute atomic E-state index is 9.67. The Morgan fingerprint density at radius 3 is 2.17 bits per heavy atom. The third-order valence-electron chi connectivity index (χ3n) is 0.0970. The molecular weight excluding hydrogens is 163 g/mol. The van der Waals surface area contributed by atoms with E-state index in [1.165, 1.54) is 0 Å². The molecular formula is CCl2OS2. The second-order valence-electron chi connectivity index (χ2n) is 0.384. The minimum absolute atomic E-state index is 0.491. The molecule has 0 saturated heterocycles. The molecule has 5 heteroatoms. The van der Waals surface area contributed by atoms with Gasteiger partial charge in [-0.25, -0.2) is 0 Å². The SMILES string of the molecule is O=C(Cl)SSCl. The van der Waals surface area contributed by atoms with Gasteiger partial charge in [-0.3, -0.25) is 4.79 Å². The summed E-state index contributed by atoms with van der Waals surface area (Å²) in [6.07, 6.45) is 0. The van der Waals surface area contributed by atoms with E-state index in [2.05, 4.69) is 0 Å². The average Bonchev–Trinajstić information content (AvgIpc) is 1.35. The molecule has 0 unspecified atom stereocenters. The Kier molecular flexibility index (Phi) is 4.77. The van der Waals surface area contributed by atoms with E-state index in [9.17, 15) is 4.79 Å². The Morgan fingerprint density at radius 2 is 2.17 bits per heavy atom. The van der Waals surface area contributed by atoms with Gasteiger partial charge in [-0.1, -0.05) is 0 Å². The Balaban J connectivity index is 2.83. The van der Waals surface area contributed by atoms with E-state index in [0.29, 0.717) is 0 Å². The molecule has 0 aromatic rings. The predicted octanol–water partition coefficient (Wildman–Crippen LogP) is 2.88. The van der Waals surface area contributed by atoms with E-state index in [1.807, 2.05) is 0 Å². The van der Waals surface area contributed by atoms with Crippen molar-refractivity contribution in [2.24, 2.45) is 0 Å². The van der Waals surface area contributed by atoms with E-state index in [4.69, 9.17) is 22.3 Å². The molecule has 1 nitrogen and oxygen atoms in total. The van der Waals surface area contributed by atoms with Gasteiger partial charge in [0, 0.05) is 20.8 Å². The quantitative estimate of drug-likeness (QED) is 0.437. The first kappa shape index (κ1) is 6.95. The Bertz CT molecular complexity index is 55.5. The van der Waals surface area contributed by atoms with E-state index in [0.717, 1.165) is 20.8 Å². The number of hydrogen-bond acceptors (Lipinski definition) is 3. The van der Waals surface area contributed by atoms with E-state index < -0.39 is 4.57 Å². The van der Waals surface area contributed by atoms with Crippen molar-refractivity contribution in [3.8, 4) is 0 Å². The van der Waals surface area contributed by atoms with Gasteiger partial charge in [0.2, 0.25) is 0 Å². The lowest BCUT2D eigenvalue weighted by molar-refractivity contribution is 0.276. The van der Waals surface area contributed by atoms with Gasteiger partial charge in [0.15, 0.2) is 0 Å². The van der Waals surface area contributed by atoms with Gasteiger partial charge >= 0.3 is 0 Å². The van der Waals surface area contributed by atoms with Gasteiger partial charge < -0.3 is 0 Å². The van der Waals surface area contributed by atoms with Gasteiger partial charge in [0.25, 0.3) is 4.57 Å². The predicted molar refractivity (Wildman–Crippen MR) is 32.3 cm³/mol. The van der Waals surface area contributed by atoms with Crippen LogP contribution in [-0.4, -0.2) is 4.57 Å². The molecule has 0 fully saturated rings. The molecule has 0 saturated carbocycles. The summed E-state index contributed by atoms with van der Waals surface area (Å²) in [6.45, 7) is 0. The summed E-state index contributed by atoms with van der Waals surface area (Å²) in [7, 11) is 6.58. The molecule has 0 aromatic carbocycles. The highest BCUT2D eigenvalue weighted by Gasteiger charge is 1.91. The van der Waals surface area contributed by atoms with Gasteiger partial charge in [-0.2, -0.15) is 0 Å². The van der Waals surface area contributed by atoms with Gasteiger partial charge in [0.05, 0.1) is 0 Å². The fourth-order valence-corrected chi connectivity index (χ4v) is 1.31. The second-order valence-corrected chi connectivity index (χ2v) is 3.63. The summed E-state index contributed by atoms with van der Waals surface area (Å²) in [6, 6.07) is 0. The van der Waals surface area contributed by atoms with E-state index >= 15 is 0 Å². The monoisotopic (exact) mass is 162 g/mol. The zero-order valence-corrected chi connectivity index (χ0v) is 5.63. The third kappa shape index (κ3) is 4.95. The van der Waals surface area contributed by atoms with Crippen LogP contribution in [0.5, 0.6) is 0 Å². The highest BCUT2D eigenvalue weighted by Crippen LogP contribution is 2.27. The van der Waals surface area contributed by atoms with Crippen LogP contribution in [0.25, 0.3) is 0 Å². The summed E-state index contributed by atoms with van der Waals surface area (Å²) in [5.74, 6) is 0. The number of rotatable bonds is 1. The topological polar surface area (TPSA) is 17.1 Å². The van der Waals surface area contributed by atoms with Gasteiger partial charge in [-0.15, -0.1) is 0 Å². The lowest BCUT2D eigenvalue weighted by Crippen LogP contribution is -1.57. The van der Waals surface area contributed by atoms with Crippen LogP contribution in [0.2, 0.25) is 0 Å². The summed E-state index contributed by atoms with van der Waals surface area (Å²) in [4.78, 5) is 9.67. The van der Waals surface area contributed by atoms with Crippen molar-refractivity contribution in [3.05, 3.63) is 0 Å². The fourth-order valence-electron chi connectivity index (χ4n) is 0.0248. The Hall–Kier alpha value is 0.950. The molecule has 36 valence electrons. The maximum Gasteiger partial charge on any atom is 0.291 e. The molecule has 0 heterocycles. The Labute approximate surface area is 52.7 Å². The molecule has 0 N–H and O–H groups in total. The molecule has 0 aliphatic heterocycles. The minimum atomic E-state index is -0.491. The van der Waals surface area contributed by atoms with Crippen molar-refractivity contribution in [3.63, 3.8) is 0 Å². The summed E-state index contributed by atoms with van der Waals surface area (Å²) < 4.78 is -0.491. The zero-order chi connectivity index (χ0) is 4.99. The highest BCUT2D eigenvalue weighted by atomic mass is 35.7. The minimum Gasteiger partial charge on any atom is -0.267 e. The normalized spacial score (nSPS) is 8.33. The summed E-state index contributed by atoms with van der Waals surface area (Å²) in [5, 5.41) is 0. The van der Waals surface area contributed by atoms with Crippen molar-refractivity contribution in [1.29, 1.82) is 0 Å². The van der Waals surface area contributed by atoms with Crippen LogP contribution in [0.1, 0.15) is 0 Å². The smallest absolute Gasteiger partial charge is 0.267 e. The van der Waals surface area contributed by atoms with Crippen molar-refractivity contribution < 1.29 is 4.79 Å². The molecule has 6 heavy (non-hydrogen) atoms. The molecule has 0 spiro atoms. The van der Waals surface area contributed by atoms with Crippen LogP contribution in [0.4, 0.5) is 4.79 Å². The van der Waals surface area contributed by atoms with Crippen LogP contribution < -0.4 is 0 Å². The van der Waals surface area contributed by atoms with E-state index in [1.54, 1.807) is 0 Å². The molecule has 0 rings (SSSR count). The molecule has 0 amide bonds. The Morgan fingerprint density at radius 1 is 1.67 bits per heavy atom. The number of carbonyl (C=O) groups excluding carboxylic acids is 1. The van der Waals surface area contributed by atoms with Crippen molar-refractivity contribution in [2.45, 2.75) is 0 Å². The van der Waals surface area contributed by atoms with Gasteiger partial charge in [-0.05, 0) is 22.3 Å². The van der Waals surface area contributed by atoms with Crippen molar-refractivity contribution in [1.82, 2.24) is 0 Å². The van der Waals surface area contributed by atoms with Crippen LogP contribution in [-0.2, 0) is 0 Å². The highest BCUT2D eigenvalue weighted by molar-refractivity contribution is 8.90. The lowest BCUT2D eigenvalue weighted by Gasteiger charge is -1.74. The fraction of sp³-hybridized carbons (Fsp3) is 0. The largest absolute Gasteiger partial charge is 0.291 e. The van der Waals surface area contributed by atoms with Crippen molar-refractivity contribution in [2.75, 3.05) is 0 Å². The van der Waals surface area contributed by atoms with Gasteiger partial charge in [0.1, 0.15) is 0 Å². The van der Waals surface area contributed by atoms with Crippen LogP contribution in [0.3, 0.4) is 0 Å². The number of hydrogen-bond donors (Lipinski definition) is 0. The second kappa shape index (κ2) is 4.12.